The van der Waals surface area contributed by atoms with Crippen molar-refractivity contribution < 1.29 is 9.13 Å². The molecule has 26 heavy (non-hydrogen) atoms. The van der Waals surface area contributed by atoms with Crippen molar-refractivity contribution in [1.29, 1.82) is 0 Å². The summed E-state index contributed by atoms with van der Waals surface area (Å²) in [5.74, 6) is 1.26. The highest BCUT2D eigenvalue weighted by Crippen LogP contribution is 2.29. The summed E-state index contributed by atoms with van der Waals surface area (Å²) in [5, 5.41) is 0.659. The minimum atomic E-state index is -0.232. The van der Waals surface area contributed by atoms with E-state index in [4.69, 9.17) is 21.3 Å². The summed E-state index contributed by atoms with van der Waals surface area (Å²) in [4.78, 5) is 4.76. The Labute approximate surface area is 155 Å². The first-order valence-corrected chi connectivity index (χ1v) is 8.57. The van der Waals surface area contributed by atoms with E-state index in [0.717, 1.165) is 28.2 Å². The number of benzene rings is 3. The van der Waals surface area contributed by atoms with E-state index in [9.17, 15) is 4.39 Å². The van der Waals surface area contributed by atoms with E-state index < -0.39 is 0 Å². The van der Waals surface area contributed by atoms with Crippen LogP contribution in [0.5, 0.6) is 5.75 Å². The third-order valence-electron chi connectivity index (χ3n) is 4.34. The van der Waals surface area contributed by atoms with Crippen LogP contribution in [0.2, 0.25) is 5.02 Å². The Morgan fingerprint density at radius 1 is 1.04 bits per heavy atom. The highest BCUT2D eigenvalue weighted by molar-refractivity contribution is 6.30. The van der Waals surface area contributed by atoms with E-state index in [2.05, 4.69) is 0 Å². The smallest absolute Gasteiger partial charge is 0.141 e. The standard InChI is InChI=1S/C21H16ClFN2O/c1-26-17-10-11-20-19(12-17)24-21(14-6-8-16(22)9-7-14)25(20)13-15-4-2-3-5-18(15)23/h2-12H,13H2,1H3. The van der Waals surface area contributed by atoms with Crippen LogP contribution in [0.15, 0.2) is 66.7 Å². The molecule has 3 nitrogen and oxygen atoms in total. The molecule has 0 unspecified atom stereocenters. The second-order valence-electron chi connectivity index (χ2n) is 5.97. The highest BCUT2D eigenvalue weighted by Gasteiger charge is 2.15. The van der Waals surface area contributed by atoms with E-state index in [1.165, 1.54) is 6.07 Å². The maximum Gasteiger partial charge on any atom is 0.141 e. The normalized spacial score (nSPS) is 11.0. The van der Waals surface area contributed by atoms with Gasteiger partial charge in [-0.25, -0.2) is 9.37 Å². The topological polar surface area (TPSA) is 27.1 Å². The SMILES string of the molecule is COc1ccc2c(c1)nc(-c1ccc(Cl)cc1)n2Cc1ccccc1F. The van der Waals surface area contributed by atoms with Gasteiger partial charge in [-0.2, -0.15) is 0 Å². The summed E-state index contributed by atoms with van der Waals surface area (Å²) in [7, 11) is 1.62. The molecule has 130 valence electrons. The van der Waals surface area contributed by atoms with Crippen molar-refractivity contribution in [3.63, 3.8) is 0 Å². The monoisotopic (exact) mass is 366 g/mol. The van der Waals surface area contributed by atoms with Gasteiger partial charge in [0.2, 0.25) is 0 Å². The van der Waals surface area contributed by atoms with Gasteiger partial charge in [0, 0.05) is 22.2 Å². The molecule has 0 amide bonds. The van der Waals surface area contributed by atoms with Crippen LogP contribution in [0.1, 0.15) is 5.56 Å². The molecule has 0 saturated heterocycles. The number of halogens is 2. The Bertz CT molecular complexity index is 1070. The molecule has 0 atom stereocenters. The zero-order valence-corrected chi connectivity index (χ0v) is 14.9. The first-order valence-electron chi connectivity index (χ1n) is 8.19. The van der Waals surface area contributed by atoms with Crippen molar-refractivity contribution in [3.05, 3.63) is 83.1 Å². The second-order valence-corrected chi connectivity index (χ2v) is 6.41. The van der Waals surface area contributed by atoms with Crippen LogP contribution in [-0.4, -0.2) is 16.7 Å². The largest absolute Gasteiger partial charge is 0.497 e. The van der Waals surface area contributed by atoms with Crippen LogP contribution in [0, 0.1) is 5.82 Å². The van der Waals surface area contributed by atoms with Gasteiger partial charge in [-0.3, -0.25) is 0 Å². The number of ether oxygens (including phenoxy) is 1. The van der Waals surface area contributed by atoms with E-state index in [1.807, 2.05) is 53.1 Å². The lowest BCUT2D eigenvalue weighted by Gasteiger charge is -2.11. The van der Waals surface area contributed by atoms with E-state index >= 15 is 0 Å². The average molecular weight is 367 g/mol. The van der Waals surface area contributed by atoms with Gasteiger partial charge >= 0.3 is 0 Å². The molecular weight excluding hydrogens is 351 g/mol. The highest BCUT2D eigenvalue weighted by atomic mass is 35.5. The summed E-state index contributed by atoms with van der Waals surface area (Å²) in [6.07, 6.45) is 0. The van der Waals surface area contributed by atoms with Crippen molar-refractivity contribution in [3.8, 4) is 17.1 Å². The predicted octanol–water partition coefficient (Wildman–Crippen LogP) is 5.55. The molecule has 0 N–H and O–H groups in total. The molecule has 0 radical (unpaired) electrons. The van der Waals surface area contributed by atoms with Gasteiger partial charge in [0.15, 0.2) is 0 Å². The summed E-state index contributed by atoms with van der Waals surface area (Å²) >= 11 is 6.01. The fourth-order valence-corrected chi connectivity index (χ4v) is 3.14. The molecule has 1 heterocycles. The van der Waals surface area contributed by atoms with Crippen LogP contribution >= 0.6 is 11.6 Å². The van der Waals surface area contributed by atoms with Crippen molar-refractivity contribution in [2.75, 3.05) is 7.11 Å². The quantitative estimate of drug-likeness (QED) is 0.473. The molecule has 0 aliphatic carbocycles. The maximum absolute atomic E-state index is 14.2. The van der Waals surface area contributed by atoms with E-state index in [-0.39, 0.29) is 5.82 Å². The molecular formula is C21H16ClFN2O. The third-order valence-corrected chi connectivity index (χ3v) is 4.60. The third kappa shape index (κ3) is 3.04. The number of methoxy groups -OCH3 is 1. The number of nitrogens with zero attached hydrogens (tertiary/aromatic N) is 2. The summed E-state index contributed by atoms with van der Waals surface area (Å²) in [6.45, 7) is 0.382. The van der Waals surface area contributed by atoms with Crippen molar-refractivity contribution >= 4 is 22.6 Å². The average Bonchev–Trinajstić information content (AvgIpc) is 3.01. The number of rotatable bonds is 4. The van der Waals surface area contributed by atoms with Gasteiger partial charge < -0.3 is 9.30 Å². The molecule has 0 aliphatic heterocycles. The number of imidazole rings is 1. The zero-order chi connectivity index (χ0) is 18.1. The van der Waals surface area contributed by atoms with Gasteiger partial charge in [0.05, 0.1) is 24.7 Å². The Balaban J connectivity index is 1.91. The molecule has 4 rings (SSSR count). The molecule has 0 aliphatic rings. The van der Waals surface area contributed by atoms with Gasteiger partial charge in [-0.05, 0) is 42.5 Å². The van der Waals surface area contributed by atoms with Gasteiger partial charge in [-0.1, -0.05) is 29.8 Å². The number of fused-ring (bicyclic) bond motifs is 1. The fourth-order valence-electron chi connectivity index (χ4n) is 3.01. The van der Waals surface area contributed by atoms with E-state index in [0.29, 0.717) is 17.1 Å². The molecule has 0 bridgehead atoms. The Hall–Kier alpha value is -2.85. The second kappa shape index (κ2) is 6.81. The Morgan fingerprint density at radius 3 is 2.54 bits per heavy atom. The Kier molecular flexibility index (Phi) is 4.35. The molecule has 4 aromatic rings. The van der Waals surface area contributed by atoms with Gasteiger partial charge in [0.1, 0.15) is 17.4 Å². The summed E-state index contributed by atoms with van der Waals surface area (Å²) < 4.78 is 21.5. The van der Waals surface area contributed by atoms with Crippen molar-refractivity contribution in [1.82, 2.24) is 9.55 Å². The lowest BCUT2D eigenvalue weighted by molar-refractivity contribution is 0.415. The molecule has 1 aromatic heterocycles. The van der Waals surface area contributed by atoms with Crippen molar-refractivity contribution in [2.24, 2.45) is 0 Å². The number of hydrogen-bond acceptors (Lipinski definition) is 2. The fraction of sp³-hybridized carbons (Fsp3) is 0.0952. The minimum Gasteiger partial charge on any atom is -0.497 e. The van der Waals surface area contributed by atoms with E-state index in [1.54, 1.807) is 19.2 Å². The van der Waals surface area contributed by atoms with Crippen LogP contribution in [0.25, 0.3) is 22.4 Å². The molecule has 0 fully saturated rings. The van der Waals surface area contributed by atoms with Crippen molar-refractivity contribution in [2.45, 2.75) is 6.54 Å². The molecule has 0 saturated carbocycles. The molecule has 5 heteroatoms. The molecule has 3 aromatic carbocycles. The van der Waals surface area contributed by atoms with Gasteiger partial charge in [-0.15, -0.1) is 0 Å². The summed E-state index contributed by atoms with van der Waals surface area (Å²) in [6, 6.07) is 20.0. The predicted molar refractivity (Wildman–Crippen MR) is 102 cm³/mol. The van der Waals surface area contributed by atoms with Crippen LogP contribution < -0.4 is 4.74 Å². The maximum atomic E-state index is 14.2. The minimum absolute atomic E-state index is 0.232. The zero-order valence-electron chi connectivity index (χ0n) is 14.1. The lowest BCUT2D eigenvalue weighted by Crippen LogP contribution is -2.04. The lowest BCUT2D eigenvalue weighted by atomic mass is 10.2. The first kappa shape index (κ1) is 16.6. The first-order chi connectivity index (χ1) is 12.7. The number of hydrogen-bond donors (Lipinski definition) is 0. The Morgan fingerprint density at radius 2 is 1.81 bits per heavy atom. The van der Waals surface area contributed by atoms with Crippen LogP contribution in [-0.2, 0) is 6.54 Å². The molecule has 0 spiro atoms. The summed E-state index contributed by atoms with van der Waals surface area (Å²) in [5.41, 5.74) is 3.24. The van der Waals surface area contributed by atoms with Gasteiger partial charge in [0.25, 0.3) is 0 Å². The van der Waals surface area contributed by atoms with Crippen LogP contribution in [0.3, 0.4) is 0 Å². The van der Waals surface area contributed by atoms with Crippen LogP contribution in [0.4, 0.5) is 4.39 Å². The number of aromatic nitrogens is 2.